The highest BCUT2D eigenvalue weighted by Crippen LogP contribution is 2.39. The Morgan fingerprint density at radius 1 is 1.35 bits per heavy atom. The summed E-state index contributed by atoms with van der Waals surface area (Å²) in [4.78, 5) is 4.03. The first-order valence-corrected chi connectivity index (χ1v) is 8.50. The molecule has 0 radical (unpaired) electrons. The Labute approximate surface area is 155 Å². The lowest BCUT2D eigenvalue weighted by molar-refractivity contribution is 0.0714. The van der Waals surface area contributed by atoms with Crippen molar-refractivity contribution in [2.75, 3.05) is 7.11 Å². The first-order chi connectivity index (χ1) is 12.6. The molecule has 0 bridgehead atoms. The summed E-state index contributed by atoms with van der Waals surface area (Å²) in [5.74, 6) is -0.196. The van der Waals surface area contributed by atoms with Crippen LogP contribution in [-0.2, 0) is 4.74 Å². The third-order valence-corrected chi connectivity index (χ3v) is 4.40. The van der Waals surface area contributed by atoms with Crippen molar-refractivity contribution in [3.63, 3.8) is 0 Å². The van der Waals surface area contributed by atoms with Gasteiger partial charge in [-0.2, -0.15) is 0 Å². The van der Waals surface area contributed by atoms with Gasteiger partial charge in [0.05, 0.1) is 5.56 Å². The number of rotatable bonds is 6. The number of aliphatic hydroxyl groups is 1. The van der Waals surface area contributed by atoms with Crippen molar-refractivity contribution in [2.24, 2.45) is 0 Å². The summed E-state index contributed by atoms with van der Waals surface area (Å²) in [5.41, 5.74) is 1.29. The molecule has 0 aliphatic carbocycles. The van der Waals surface area contributed by atoms with Crippen molar-refractivity contribution < 1.29 is 18.8 Å². The van der Waals surface area contributed by atoms with Gasteiger partial charge in [-0.25, -0.2) is 4.39 Å². The SMILES string of the molecule is CCC(OC)c1onc(-c2ccc(Cl)cc2F)c1C(O)c1cccnc1. The first kappa shape index (κ1) is 18.5. The van der Waals surface area contributed by atoms with Gasteiger partial charge in [-0.3, -0.25) is 4.98 Å². The van der Waals surface area contributed by atoms with E-state index in [4.69, 9.17) is 20.9 Å². The largest absolute Gasteiger partial charge is 0.383 e. The first-order valence-electron chi connectivity index (χ1n) is 8.12. The number of hydrogen-bond donors (Lipinski definition) is 1. The van der Waals surface area contributed by atoms with Crippen LogP contribution in [0.3, 0.4) is 0 Å². The highest BCUT2D eigenvalue weighted by molar-refractivity contribution is 6.30. The van der Waals surface area contributed by atoms with Crippen LogP contribution in [0.2, 0.25) is 5.02 Å². The number of nitrogens with zero attached hydrogens (tertiary/aromatic N) is 2. The quantitative estimate of drug-likeness (QED) is 0.674. The van der Waals surface area contributed by atoms with Crippen LogP contribution in [0.15, 0.2) is 47.2 Å². The molecule has 2 unspecified atom stereocenters. The van der Waals surface area contributed by atoms with Crippen LogP contribution in [0.4, 0.5) is 4.39 Å². The van der Waals surface area contributed by atoms with E-state index in [1.54, 1.807) is 31.5 Å². The lowest BCUT2D eigenvalue weighted by Crippen LogP contribution is -2.08. The van der Waals surface area contributed by atoms with Crippen LogP contribution in [0.1, 0.15) is 42.4 Å². The predicted octanol–water partition coefficient (Wildman–Crippen LogP) is 4.71. The molecule has 2 atom stereocenters. The highest BCUT2D eigenvalue weighted by atomic mass is 35.5. The number of halogens is 2. The molecule has 7 heteroatoms. The molecule has 136 valence electrons. The average Bonchev–Trinajstić information content (AvgIpc) is 3.07. The Morgan fingerprint density at radius 2 is 2.15 bits per heavy atom. The maximum Gasteiger partial charge on any atom is 0.172 e. The van der Waals surface area contributed by atoms with Crippen LogP contribution >= 0.6 is 11.6 Å². The fourth-order valence-corrected chi connectivity index (χ4v) is 3.00. The van der Waals surface area contributed by atoms with E-state index in [-0.39, 0.29) is 16.3 Å². The number of methoxy groups -OCH3 is 1. The number of hydrogen-bond acceptors (Lipinski definition) is 5. The van der Waals surface area contributed by atoms with Gasteiger partial charge < -0.3 is 14.4 Å². The van der Waals surface area contributed by atoms with E-state index in [1.165, 1.54) is 18.3 Å². The van der Waals surface area contributed by atoms with Crippen molar-refractivity contribution in [3.8, 4) is 11.3 Å². The van der Waals surface area contributed by atoms with Gasteiger partial charge in [0.15, 0.2) is 5.76 Å². The molecule has 1 N–H and O–H groups in total. The van der Waals surface area contributed by atoms with Crippen LogP contribution in [0, 0.1) is 5.82 Å². The zero-order valence-corrected chi connectivity index (χ0v) is 15.1. The van der Waals surface area contributed by atoms with Gasteiger partial charge in [0.2, 0.25) is 0 Å². The minimum Gasteiger partial charge on any atom is -0.383 e. The maximum absolute atomic E-state index is 14.5. The summed E-state index contributed by atoms with van der Waals surface area (Å²) in [6, 6.07) is 7.69. The minimum absolute atomic E-state index is 0.188. The van der Waals surface area contributed by atoms with E-state index >= 15 is 0 Å². The molecule has 5 nitrogen and oxygen atoms in total. The monoisotopic (exact) mass is 376 g/mol. The Bertz CT molecular complexity index is 882. The van der Waals surface area contributed by atoms with Gasteiger partial charge in [0.1, 0.15) is 23.7 Å². The molecule has 3 rings (SSSR count). The molecule has 1 aromatic carbocycles. The second-order valence-corrected chi connectivity index (χ2v) is 6.19. The van der Waals surface area contributed by atoms with E-state index in [2.05, 4.69) is 10.1 Å². The number of aromatic nitrogens is 2. The van der Waals surface area contributed by atoms with Gasteiger partial charge in [0.25, 0.3) is 0 Å². The molecule has 2 aromatic heterocycles. The van der Waals surface area contributed by atoms with E-state index in [0.717, 1.165) is 0 Å². The Morgan fingerprint density at radius 3 is 2.77 bits per heavy atom. The topological polar surface area (TPSA) is 68.4 Å². The van der Waals surface area contributed by atoms with Crippen molar-refractivity contribution in [1.82, 2.24) is 10.1 Å². The fourth-order valence-electron chi connectivity index (χ4n) is 2.85. The number of benzene rings is 1. The molecule has 0 aliphatic rings. The van der Waals surface area contributed by atoms with E-state index in [0.29, 0.717) is 23.3 Å². The average molecular weight is 377 g/mol. The molecular weight excluding hydrogens is 359 g/mol. The number of ether oxygens (including phenoxy) is 1. The zero-order valence-electron chi connectivity index (χ0n) is 14.3. The van der Waals surface area contributed by atoms with Gasteiger partial charge in [-0.05, 0) is 30.7 Å². The number of aliphatic hydroxyl groups excluding tert-OH is 1. The van der Waals surface area contributed by atoms with Crippen LogP contribution in [-0.4, -0.2) is 22.4 Å². The smallest absolute Gasteiger partial charge is 0.172 e. The van der Waals surface area contributed by atoms with E-state index < -0.39 is 18.0 Å². The maximum atomic E-state index is 14.5. The highest BCUT2D eigenvalue weighted by Gasteiger charge is 2.30. The fraction of sp³-hybridized carbons (Fsp3) is 0.263. The van der Waals surface area contributed by atoms with Crippen LogP contribution in [0.25, 0.3) is 11.3 Å². The lowest BCUT2D eigenvalue weighted by atomic mass is 9.95. The summed E-state index contributed by atoms with van der Waals surface area (Å²) in [5, 5.41) is 15.2. The van der Waals surface area contributed by atoms with Crippen LogP contribution < -0.4 is 0 Å². The third kappa shape index (κ3) is 3.49. The van der Waals surface area contributed by atoms with Gasteiger partial charge >= 0.3 is 0 Å². The van der Waals surface area contributed by atoms with Crippen molar-refractivity contribution in [1.29, 1.82) is 0 Å². The lowest BCUT2D eigenvalue weighted by Gasteiger charge is -2.16. The summed E-state index contributed by atoms with van der Waals surface area (Å²) in [7, 11) is 1.54. The second-order valence-electron chi connectivity index (χ2n) is 5.75. The van der Waals surface area contributed by atoms with Gasteiger partial charge in [-0.1, -0.05) is 29.7 Å². The van der Waals surface area contributed by atoms with Gasteiger partial charge in [0, 0.05) is 35.7 Å². The number of pyridine rings is 1. The molecule has 2 heterocycles. The standard InChI is InChI=1S/C19H18ClFN2O3/c1-3-15(25-2)19-16(18(24)11-5-4-8-22-10-11)17(23-26-19)13-7-6-12(20)9-14(13)21/h4-10,15,18,24H,3H2,1-2H3. The predicted molar refractivity (Wildman–Crippen MR) is 95.2 cm³/mol. The normalized spacial score (nSPS) is 13.6. The molecule has 0 aliphatic heterocycles. The Kier molecular flexibility index (Phi) is 5.66. The molecule has 3 aromatic rings. The zero-order chi connectivity index (χ0) is 18.7. The summed E-state index contributed by atoms with van der Waals surface area (Å²) in [6.45, 7) is 1.92. The second kappa shape index (κ2) is 7.95. The minimum atomic E-state index is -1.10. The molecule has 0 spiro atoms. The molecule has 0 amide bonds. The molecule has 0 saturated heterocycles. The Hall–Kier alpha value is -2.28. The van der Waals surface area contributed by atoms with Crippen molar-refractivity contribution in [2.45, 2.75) is 25.6 Å². The van der Waals surface area contributed by atoms with E-state index in [9.17, 15) is 9.50 Å². The van der Waals surface area contributed by atoms with Crippen molar-refractivity contribution >= 4 is 11.6 Å². The van der Waals surface area contributed by atoms with Gasteiger partial charge in [-0.15, -0.1) is 0 Å². The summed E-state index contributed by atoms with van der Waals surface area (Å²) in [6.07, 6.45) is 2.22. The third-order valence-electron chi connectivity index (χ3n) is 4.16. The molecular formula is C19H18ClFN2O3. The molecule has 0 fully saturated rings. The summed E-state index contributed by atoms with van der Waals surface area (Å²) >= 11 is 5.84. The molecule has 0 saturated carbocycles. The molecule has 26 heavy (non-hydrogen) atoms. The van der Waals surface area contributed by atoms with Crippen LogP contribution in [0.5, 0.6) is 0 Å². The summed E-state index contributed by atoms with van der Waals surface area (Å²) < 4.78 is 25.4. The van der Waals surface area contributed by atoms with Crippen molar-refractivity contribution in [3.05, 3.63) is 70.5 Å². The van der Waals surface area contributed by atoms with E-state index in [1.807, 2.05) is 6.92 Å². The Balaban J connectivity index is 2.19.